The Morgan fingerprint density at radius 2 is 2.40 bits per heavy atom. The van der Waals surface area contributed by atoms with Gasteiger partial charge in [-0.25, -0.2) is 0 Å². The highest BCUT2D eigenvalue weighted by molar-refractivity contribution is 6.99. The van der Waals surface area contributed by atoms with Crippen molar-refractivity contribution in [1.29, 1.82) is 0 Å². The first-order valence-electron chi connectivity index (χ1n) is 4.37. The molecule has 0 aliphatic heterocycles. The van der Waals surface area contributed by atoms with Gasteiger partial charge in [-0.15, -0.1) is 0 Å². The Morgan fingerprint density at radius 3 is 2.93 bits per heavy atom. The molecule has 1 heterocycles. The molecule has 1 aromatic heterocycles. The van der Waals surface area contributed by atoms with Gasteiger partial charge >= 0.3 is 5.97 Å². The fourth-order valence-corrected chi connectivity index (χ4v) is 1.40. The monoisotopic (exact) mass is 229 g/mol. The molecule has 2 N–H and O–H groups in total. The Labute approximate surface area is 90.7 Å². The largest absolute Gasteiger partial charge is 0.481 e. The maximum atomic E-state index is 11.3. The fourth-order valence-electron chi connectivity index (χ4n) is 0.992. The molecule has 15 heavy (non-hydrogen) atoms. The summed E-state index contributed by atoms with van der Waals surface area (Å²) >= 11 is 0.958. The van der Waals surface area contributed by atoms with Gasteiger partial charge in [0.05, 0.1) is 17.9 Å². The third-order valence-electron chi connectivity index (χ3n) is 1.73. The first-order chi connectivity index (χ1) is 7.09. The van der Waals surface area contributed by atoms with Gasteiger partial charge in [-0.1, -0.05) is 6.92 Å². The van der Waals surface area contributed by atoms with Crippen molar-refractivity contribution in [3.63, 3.8) is 0 Å². The van der Waals surface area contributed by atoms with E-state index in [0.29, 0.717) is 6.54 Å². The Bertz CT molecular complexity index is 339. The molecule has 82 valence electrons. The van der Waals surface area contributed by atoms with Crippen LogP contribution in [0.3, 0.4) is 0 Å². The molecule has 7 heteroatoms. The number of hydrogen-bond acceptors (Lipinski definition) is 5. The zero-order valence-electron chi connectivity index (χ0n) is 8.14. The standard InChI is InChI=1S/C8H11N3O3S/c1-5(2-7(12)13)3-9-8(14)6-4-10-15-11-6/h4-5H,2-3H2,1H3,(H,9,14)(H,12,13). The van der Waals surface area contributed by atoms with Crippen molar-refractivity contribution < 1.29 is 14.7 Å². The van der Waals surface area contributed by atoms with Crippen LogP contribution in [0.2, 0.25) is 0 Å². The van der Waals surface area contributed by atoms with E-state index in [4.69, 9.17) is 5.11 Å². The van der Waals surface area contributed by atoms with Gasteiger partial charge in [0.15, 0.2) is 5.69 Å². The molecule has 1 aromatic rings. The van der Waals surface area contributed by atoms with E-state index in [-0.39, 0.29) is 23.9 Å². The summed E-state index contributed by atoms with van der Waals surface area (Å²) in [6, 6.07) is 0. The molecule has 0 spiro atoms. The van der Waals surface area contributed by atoms with Crippen molar-refractivity contribution in [2.45, 2.75) is 13.3 Å². The Balaban J connectivity index is 2.31. The van der Waals surface area contributed by atoms with E-state index in [1.54, 1.807) is 6.92 Å². The number of carbonyl (C=O) groups excluding carboxylic acids is 1. The highest BCUT2D eigenvalue weighted by atomic mass is 32.1. The Kier molecular flexibility index (Phi) is 4.17. The van der Waals surface area contributed by atoms with Crippen LogP contribution in [0.1, 0.15) is 23.8 Å². The normalized spacial score (nSPS) is 12.1. The number of aliphatic carboxylic acids is 1. The summed E-state index contributed by atoms with van der Waals surface area (Å²) in [4.78, 5) is 21.7. The number of nitrogens with zero attached hydrogens (tertiary/aromatic N) is 2. The molecule has 0 fully saturated rings. The summed E-state index contributed by atoms with van der Waals surface area (Å²) in [5, 5.41) is 11.1. The number of hydrogen-bond donors (Lipinski definition) is 2. The van der Waals surface area contributed by atoms with Gasteiger partial charge in [0.25, 0.3) is 5.91 Å². The minimum atomic E-state index is -0.868. The van der Waals surface area contributed by atoms with Crippen molar-refractivity contribution in [2.75, 3.05) is 6.54 Å². The lowest BCUT2D eigenvalue weighted by Crippen LogP contribution is -2.29. The maximum absolute atomic E-state index is 11.3. The molecule has 0 saturated heterocycles. The second kappa shape index (κ2) is 5.40. The van der Waals surface area contributed by atoms with Crippen LogP contribution in [0.15, 0.2) is 6.20 Å². The van der Waals surface area contributed by atoms with Crippen molar-refractivity contribution >= 4 is 23.6 Å². The predicted octanol–water partition coefficient (Wildman–Crippen LogP) is 0.379. The van der Waals surface area contributed by atoms with Gasteiger partial charge in [0.1, 0.15) is 0 Å². The average Bonchev–Trinajstić information content (AvgIpc) is 2.65. The van der Waals surface area contributed by atoms with Crippen molar-refractivity contribution in [2.24, 2.45) is 5.92 Å². The first kappa shape index (κ1) is 11.6. The lowest BCUT2D eigenvalue weighted by molar-refractivity contribution is -0.137. The minimum absolute atomic E-state index is 0.0373. The Morgan fingerprint density at radius 1 is 1.67 bits per heavy atom. The van der Waals surface area contributed by atoms with E-state index in [1.165, 1.54) is 6.20 Å². The molecule has 0 saturated carbocycles. The van der Waals surface area contributed by atoms with Crippen LogP contribution in [0.25, 0.3) is 0 Å². The third-order valence-corrected chi connectivity index (χ3v) is 2.21. The number of aromatic nitrogens is 2. The number of nitrogens with one attached hydrogen (secondary N) is 1. The van der Waals surface area contributed by atoms with E-state index >= 15 is 0 Å². The highest BCUT2D eigenvalue weighted by Gasteiger charge is 2.11. The summed E-state index contributed by atoms with van der Waals surface area (Å²) < 4.78 is 7.45. The molecular formula is C8H11N3O3S. The average molecular weight is 229 g/mol. The van der Waals surface area contributed by atoms with Crippen LogP contribution < -0.4 is 5.32 Å². The summed E-state index contributed by atoms with van der Waals surface area (Å²) in [6.45, 7) is 2.08. The number of carbonyl (C=O) groups is 2. The summed E-state index contributed by atoms with van der Waals surface area (Å²) in [5.41, 5.74) is 0.266. The number of carboxylic acid groups (broad SMARTS) is 1. The lowest BCUT2D eigenvalue weighted by Gasteiger charge is -2.08. The molecule has 1 rings (SSSR count). The summed E-state index contributed by atoms with van der Waals surface area (Å²) in [6.07, 6.45) is 1.41. The van der Waals surface area contributed by atoms with E-state index < -0.39 is 5.97 Å². The number of rotatable bonds is 5. The molecule has 0 aliphatic rings. The zero-order valence-corrected chi connectivity index (χ0v) is 8.95. The van der Waals surface area contributed by atoms with Gasteiger partial charge in [-0.2, -0.15) is 8.75 Å². The van der Waals surface area contributed by atoms with E-state index in [2.05, 4.69) is 14.1 Å². The number of amides is 1. The van der Waals surface area contributed by atoms with Crippen LogP contribution in [0, 0.1) is 5.92 Å². The maximum Gasteiger partial charge on any atom is 0.303 e. The fraction of sp³-hybridized carbons (Fsp3) is 0.500. The van der Waals surface area contributed by atoms with Crippen LogP contribution in [-0.4, -0.2) is 32.3 Å². The van der Waals surface area contributed by atoms with Crippen molar-refractivity contribution in [3.05, 3.63) is 11.9 Å². The molecule has 0 bridgehead atoms. The zero-order chi connectivity index (χ0) is 11.3. The molecule has 1 amide bonds. The van der Waals surface area contributed by atoms with E-state index in [0.717, 1.165) is 11.7 Å². The topological polar surface area (TPSA) is 92.2 Å². The van der Waals surface area contributed by atoms with Gasteiger partial charge in [0, 0.05) is 13.0 Å². The van der Waals surface area contributed by atoms with Gasteiger partial charge in [0.2, 0.25) is 0 Å². The molecule has 0 radical (unpaired) electrons. The molecule has 6 nitrogen and oxygen atoms in total. The second-order valence-electron chi connectivity index (χ2n) is 3.21. The molecular weight excluding hydrogens is 218 g/mol. The summed E-state index contributed by atoms with van der Waals surface area (Å²) in [7, 11) is 0. The predicted molar refractivity (Wildman–Crippen MR) is 53.7 cm³/mol. The quantitative estimate of drug-likeness (QED) is 0.761. The molecule has 0 aromatic carbocycles. The van der Waals surface area contributed by atoms with Gasteiger partial charge in [-0.05, 0) is 5.92 Å². The lowest BCUT2D eigenvalue weighted by atomic mass is 10.1. The SMILES string of the molecule is CC(CNC(=O)c1cnsn1)CC(=O)O. The van der Waals surface area contributed by atoms with Crippen molar-refractivity contribution in [1.82, 2.24) is 14.1 Å². The molecule has 1 unspecified atom stereocenters. The molecule has 0 aliphatic carbocycles. The second-order valence-corrected chi connectivity index (χ2v) is 3.76. The van der Waals surface area contributed by atoms with Crippen LogP contribution in [0.4, 0.5) is 0 Å². The van der Waals surface area contributed by atoms with Crippen LogP contribution in [-0.2, 0) is 4.79 Å². The number of carboxylic acids is 1. The van der Waals surface area contributed by atoms with Crippen molar-refractivity contribution in [3.8, 4) is 0 Å². The minimum Gasteiger partial charge on any atom is -0.481 e. The molecule has 1 atom stereocenters. The smallest absolute Gasteiger partial charge is 0.303 e. The van der Waals surface area contributed by atoms with E-state index in [1.807, 2.05) is 0 Å². The highest BCUT2D eigenvalue weighted by Crippen LogP contribution is 2.00. The summed E-state index contributed by atoms with van der Waals surface area (Å²) in [5.74, 6) is -1.29. The third kappa shape index (κ3) is 4.03. The van der Waals surface area contributed by atoms with Crippen LogP contribution >= 0.6 is 11.7 Å². The van der Waals surface area contributed by atoms with Gasteiger partial charge in [-0.3, -0.25) is 9.59 Å². The van der Waals surface area contributed by atoms with E-state index in [9.17, 15) is 9.59 Å². The first-order valence-corrected chi connectivity index (χ1v) is 5.10. The Hall–Kier alpha value is -1.50. The van der Waals surface area contributed by atoms with Crippen LogP contribution in [0.5, 0.6) is 0 Å². The van der Waals surface area contributed by atoms with Gasteiger partial charge < -0.3 is 10.4 Å².